The summed E-state index contributed by atoms with van der Waals surface area (Å²) < 4.78 is 0. The van der Waals surface area contributed by atoms with E-state index in [1.165, 1.54) is 0 Å². The maximum absolute atomic E-state index is 13.2. The molecule has 1 atom stereocenters. The molecule has 2 aliphatic rings. The molecular formula is C23H23Cl3N2O2. The van der Waals surface area contributed by atoms with E-state index in [2.05, 4.69) is 5.16 Å². The van der Waals surface area contributed by atoms with Crippen molar-refractivity contribution in [2.24, 2.45) is 11.1 Å². The van der Waals surface area contributed by atoms with Gasteiger partial charge in [0, 0.05) is 29.5 Å². The third-order valence-corrected chi connectivity index (χ3v) is 6.85. The van der Waals surface area contributed by atoms with Crippen LogP contribution in [0.2, 0.25) is 15.1 Å². The highest BCUT2D eigenvalue weighted by Gasteiger charge is 2.32. The number of oxime groups is 1. The van der Waals surface area contributed by atoms with E-state index in [0.29, 0.717) is 34.6 Å². The van der Waals surface area contributed by atoms with Crippen LogP contribution >= 0.6 is 34.8 Å². The molecule has 2 aromatic carbocycles. The number of carbonyl (C=O) groups excluding carboxylic acids is 1. The Hall–Kier alpha value is -1.75. The van der Waals surface area contributed by atoms with Crippen LogP contribution in [0.4, 0.5) is 0 Å². The first-order chi connectivity index (χ1) is 14.5. The second kappa shape index (κ2) is 9.59. The number of benzene rings is 2. The van der Waals surface area contributed by atoms with Gasteiger partial charge in [0.25, 0.3) is 0 Å². The molecule has 1 unspecified atom stereocenters. The molecule has 1 aliphatic heterocycles. The molecule has 158 valence electrons. The quantitative estimate of drug-likeness (QED) is 0.498. The van der Waals surface area contributed by atoms with Crippen molar-refractivity contribution in [3.8, 4) is 0 Å². The highest BCUT2D eigenvalue weighted by Crippen LogP contribution is 2.30. The normalized spacial score (nSPS) is 18.9. The first-order valence-corrected chi connectivity index (χ1v) is 11.3. The van der Waals surface area contributed by atoms with Crippen LogP contribution in [0.15, 0.2) is 47.6 Å². The fourth-order valence-electron chi connectivity index (χ4n) is 4.11. The zero-order chi connectivity index (χ0) is 21.1. The molecular weight excluding hydrogens is 443 g/mol. The summed E-state index contributed by atoms with van der Waals surface area (Å²) in [5.41, 5.74) is 2.63. The lowest BCUT2D eigenvalue weighted by molar-refractivity contribution is -0.137. The highest BCUT2D eigenvalue weighted by molar-refractivity contribution is 6.42. The minimum atomic E-state index is -0.206. The minimum absolute atomic E-state index is 0.0874. The fraction of sp³-hybridized carbons (Fsp3) is 0.391. The van der Waals surface area contributed by atoms with Crippen molar-refractivity contribution in [3.63, 3.8) is 0 Å². The number of halogens is 3. The maximum Gasteiger partial charge on any atom is 0.226 e. The summed E-state index contributed by atoms with van der Waals surface area (Å²) in [5, 5.41) is 5.90. The van der Waals surface area contributed by atoms with E-state index in [1.807, 2.05) is 35.2 Å². The third kappa shape index (κ3) is 4.93. The third-order valence-electron chi connectivity index (χ3n) is 5.74. The molecule has 2 aromatic rings. The predicted octanol–water partition coefficient (Wildman–Crippen LogP) is 6.36. The van der Waals surface area contributed by atoms with Gasteiger partial charge in [-0.1, -0.05) is 77.1 Å². The van der Waals surface area contributed by atoms with Crippen LogP contribution in [0.3, 0.4) is 0 Å². The van der Waals surface area contributed by atoms with Crippen molar-refractivity contribution in [1.82, 2.24) is 4.90 Å². The average Bonchev–Trinajstić information content (AvgIpc) is 3.43. The lowest BCUT2D eigenvalue weighted by atomic mass is 10.0. The van der Waals surface area contributed by atoms with Gasteiger partial charge in [-0.25, -0.2) is 0 Å². The molecule has 1 fully saturated rings. The zero-order valence-electron chi connectivity index (χ0n) is 16.5. The van der Waals surface area contributed by atoms with Gasteiger partial charge in [0.1, 0.15) is 0 Å². The smallest absolute Gasteiger partial charge is 0.226 e. The van der Waals surface area contributed by atoms with Gasteiger partial charge in [-0.05, 0) is 36.6 Å². The summed E-state index contributed by atoms with van der Waals surface area (Å²) in [7, 11) is 0. The Kier molecular flexibility index (Phi) is 6.87. The summed E-state index contributed by atoms with van der Waals surface area (Å²) in [6.45, 7) is 0.936. The number of hydrogen-bond donors (Lipinski definition) is 0. The molecule has 0 bridgehead atoms. The predicted molar refractivity (Wildman–Crippen MR) is 121 cm³/mol. The van der Waals surface area contributed by atoms with E-state index in [1.54, 1.807) is 12.1 Å². The topological polar surface area (TPSA) is 41.9 Å². The van der Waals surface area contributed by atoms with Crippen LogP contribution in [0.1, 0.15) is 43.2 Å². The number of rotatable bonds is 6. The molecule has 0 saturated heterocycles. The van der Waals surface area contributed by atoms with Gasteiger partial charge in [-0.3, -0.25) is 4.79 Å². The van der Waals surface area contributed by atoms with Gasteiger partial charge < -0.3 is 9.74 Å². The molecule has 1 aliphatic carbocycles. The highest BCUT2D eigenvalue weighted by atomic mass is 35.5. The molecule has 4 nitrogen and oxygen atoms in total. The van der Waals surface area contributed by atoms with Gasteiger partial charge in [-0.15, -0.1) is 0 Å². The van der Waals surface area contributed by atoms with E-state index in [-0.39, 0.29) is 17.9 Å². The Balaban J connectivity index is 1.47. The molecule has 1 heterocycles. The second-order valence-electron chi connectivity index (χ2n) is 7.89. The Labute approximate surface area is 191 Å². The van der Waals surface area contributed by atoms with Gasteiger partial charge in [0.05, 0.1) is 22.3 Å². The largest absolute Gasteiger partial charge is 0.390 e. The van der Waals surface area contributed by atoms with E-state index < -0.39 is 0 Å². The molecule has 30 heavy (non-hydrogen) atoms. The van der Waals surface area contributed by atoms with Crippen molar-refractivity contribution in [2.75, 3.05) is 6.54 Å². The van der Waals surface area contributed by atoms with Gasteiger partial charge >= 0.3 is 0 Å². The second-order valence-corrected chi connectivity index (χ2v) is 9.11. The van der Waals surface area contributed by atoms with Crippen molar-refractivity contribution < 1.29 is 9.63 Å². The zero-order valence-corrected chi connectivity index (χ0v) is 18.8. The lowest BCUT2D eigenvalue weighted by Gasteiger charge is -2.28. The molecule has 7 heteroatoms. The lowest BCUT2D eigenvalue weighted by Crippen LogP contribution is -2.40. The Morgan fingerprint density at radius 1 is 1.03 bits per heavy atom. The number of hydrogen-bond acceptors (Lipinski definition) is 3. The van der Waals surface area contributed by atoms with E-state index in [0.717, 1.165) is 42.5 Å². The van der Waals surface area contributed by atoms with Gasteiger partial charge in [0.15, 0.2) is 6.10 Å². The van der Waals surface area contributed by atoms with Gasteiger partial charge in [-0.2, -0.15) is 0 Å². The molecule has 1 saturated carbocycles. The van der Waals surface area contributed by atoms with Gasteiger partial charge in [0.2, 0.25) is 5.91 Å². The molecule has 0 spiro atoms. The first-order valence-electron chi connectivity index (χ1n) is 10.2. The Morgan fingerprint density at radius 3 is 2.53 bits per heavy atom. The minimum Gasteiger partial charge on any atom is -0.390 e. The molecule has 4 rings (SSSR count). The van der Waals surface area contributed by atoms with Crippen molar-refractivity contribution in [2.45, 2.75) is 44.8 Å². The molecule has 0 aromatic heterocycles. The van der Waals surface area contributed by atoms with E-state index in [9.17, 15) is 4.79 Å². The molecule has 0 N–H and O–H groups in total. The first kappa shape index (κ1) is 21.5. The Morgan fingerprint density at radius 2 is 1.80 bits per heavy atom. The number of nitrogens with zero attached hydrogens (tertiary/aromatic N) is 2. The summed E-state index contributed by atoms with van der Waals surface area (Å²) >= 11 is 18.5. The number of carbonyl (C=O) groups is 1. The summed E-state index contributed by atoms with van der Waals surface area (Å²) in [4.78, 5) is 20.8. The SMILES string of the molecule is O=C(C1CCCC1)N(Cc1ccccc1Cl)CC1CC(c2ccc(Cl)c(Cl)c2)=NO1. The summed E-state index contributed by atoms with van der Waals surface area (Å²) in [6, 6.07) is 13.1. The molecule has 1 amide bonds. The summed E-state index contributed by atoms with van der Waals surface area (Å²) in [5.74, 6) is 0.267. The van der Waals surface area contributed by atoms with Crippen LogP contribution in [0, 0.1) is 5.92 Å². The maximum atomic E-state index is 13.2. The van der Waals surface area contributed by atoms with Crippen molar-refractivity contribution in [3.05, 3.63) is 68.7 Å². The van der Waals surface area contributed by atoms with Crippen LogP contribution in [0.25, 0.3) is 0 Å². The van der Waals surface area contributed by atoms with Crippen molar-refractivity contribution in [1.29, 1.82) is 0 Å². The van der Waals surface area contributed by atoms with Crippen molar-refractivity contribution >= 4 is 46.4 Å². The van der Waals surface area contributed by atoms with Crippen LogP contribution in [-0.2, 0) is 16.2 Å². The van der Waals surface area contributed by atoms with Crippen LogP contribution in [0.5, 0.6) is 0 Å². The Bertz CT molecular complexity index is 957. The van der Waals surface area contributed by atoms with Crippen LogP contribution in [-0.4, -0.2) is 29.2 Å². The fourth-order valence-corrected chi connectivity index (χ4v) is 4.61. The van der Waals surface area contributed by atoms with E-state index >= 15 is 0 Å². The summed E-state index contributed by atoms with van der Waals surface area (Å²) in [6.07, 6.45) is 4.53. The standard InChI is InChI=1S/C23H23Cl3N2O2/c24-19-8-4-3-7-17(19)13-28(23(29)15-5-1-2-6-15)14-18-12-22(27-30-18)16-9-10-20(25)21(26)11-16/h3-4,7-11,15,18H,1-2,5-6,12-14H2. The van der Waals surface area contributed by atoms with E-state index in [4.69, 9.17) is 39.6 Å². The molecule has 0 radical (unpaired) electrons. The van der Waals surface area contributed by atoms with Crippen LogP contribution < -0.4 is 0 Å². The average molecular weight is 466 g/mol. The monoisotopic (exact) mass is 464 g/mol. The number of amides is 1.